The fourth-order valence-electron chi connectivity index (χ4n) is 1.19. The molecule has 0 amide bonds. The highest BCUT2D eigenvalue weighted by Gasteiger charge is 2.17. The molecule has 1 aromatic rings. The molecule has 1 atom stereocenters. The standard InChI is InChI=1S/C10H11ClN4O2/c1-17-10(16)9(6-13-15-12)14-8-4-2-7(11)3-5-8/h2-5,9,14H,6H2,1H3. The second-order valence-electron chi connectivity index (χ2n) is 3.14. The van der Waals surface area contributed by atoms with Crippen molar-refractivity contribution in [1.82, 2.24) is 0 Å². The van der Waals surface area contributed by atoms with Gasteiger partial charge in [0, 0.05) is 15.6 Å². The van der Waals surface area contributed by atoms with Crippen LogP contribution >= 0.6 is 11.6 Å². The molecule has 0 spiro atoms. The molecule has 0 aliphatic rings. The number of carbonyl (C=O) groups is 1. The van der Waals surface area contributed by atoms with Crippen LogP contribution < -0.4 is 5.32 Å². The fourth-order valence-corrected chi connectivity index (χ4v) is 1.31. The first-order valence-corrected chi connectivity index (χ1v) is 5.16. The minimum Gasteiger partial charge on any atom is -0.467 e. The number of nitrogens with one attached hydrogen (secondary N) is 1. The van der Waals surface area contributed by atoms with Crippen molar-refractivity contribution in [3.8, 4) is 0 Å². The molecule has 0 aromatic heterocycles. The number of benzene rings is 1. The number of rotatable bonds is 5. The van der Waals surface area contributed by atoms with E-state index in [4.69, 9.17) is 17.1 Å². The molecule has 1 aromatic carbocycles. The Kier molecular flexibility index (Phi) is 5.13. The predicted octanol–water partition coefficient (Wildman–Crippen LogP) is 2.60. The fraction of sp³-hybridized carbons (Fsp3) is 0.300. The molecule has 7 heteroatoms. The zero-order valence-electron chi connectivity index (χ0n) is 9.13. The first kappa shape index (κ1) is 13.2. The maximum atomic E-state index is 11.4. The monoisotopic (exact) mass is 254 g/mol. The number of esters is 1. The van der Waals surface area contributed by atoms with E-state index in [0.29, 0.717) is 10.7 Å². The number of ether oxygens (including phenoxy) is 1. The van der Waals surface area contributed by atoms with E-state index in [2.05, 4.69) is 20.1 Å². The Morgan fingerprint density at radius 3 is 2.76 bits per heavy atom. The summed E-state index contributed by atoms with van der Waals surface area (Å²) < 4.78 is 4.59. The summed E-state index contributed by atoms with van der Waals surface area (Å²) in [6, 6.07) is 6.09. The van der Waals surface area contributed by atoms with Crippen LogP contribution in [0.4, 0.5) is 5.69 Å². The number of carbonyl (C=O) groups excluding carboxylic acids is 1. The lowest BCUT2D eigenvalue weighted by Gasteiger charge is -2.15. The molecule has 1 rings (SSSR count). The Morgan fingerprint density at radius 1 is 1.59 bits per heavy atom. The van der Waals surface area contributed by atoms with E-state index in [1.54, 1.807) is 24.3 Å². The third-order valence-electron chi connectivity index (χ3n) is 2.00. The van der Waals surface area contributed by atoms with Crippen molar-refractivity contribution in [3.63, 3.8) is 0 Å². The summed E-state index contributed by atoms with van der Waals surface area (Å²) in [5.41, 5.74) is 8.93. The molecule has 0 saturated heterocycles. The molecule has 1 N–H and O–H groups in total. The number of hydrogen-bond donors (Lipinski definition) is 1. The van der Waals surface area contributed by atoms with Crippen LogP contribution in [0.3, 0.4) is 0 Å². The highest BCUT2D eigenvalue weighted by molar-refractivity contribution is 6.30. The van der Waals surface area contributed by atoms with E-state index in [1.165, 1.54) is 7.11 Å². The predicted molar refractivity (Wildman–Crippen MR) is 64.9 cm³/mol. The maximum Gasteiger partial charge on any atom is 0.328 e. The average Bonchev–Trinajstić information content (AvgIpc) is 2.36. The zero-order chi connectivity index (χ0) is 12.7. The van der Waals surface area contributed by atoms with Gasteiger partial charge in [-0.2, -0.15) is 0 Å². The Bertz CT molecular complexity index is 428. The number of hydrogen-bond acceptors (Lipinski definition) is 4. The molecule has 0 aliphatic carbocycles. The summed E-state index contributed by atoms with van der Waals surface area (Å²) in [5, 5.41) is 6.84. The van der Waals surface area contributed by atoms with Gasteiger partial charge >= 0.3 is 5.97 Å². The number of methoxy groups -OCH3 is 1. The van der Waals surface area contributed by atoms with Gasteiger partial charge in [-0.3, -0.25) is 0 Å². The highest BCUT2D eigenvalue weighted by Crippen LogP contribution is 2.14. The SMILES string of the molecule is COC(=O)C(CN=[N+]=[N-])Nc1ccc(Cl)cc1. The zero-order valence-corrected chi connectivity index (χ0v) is 9.89. The Morgan fingerprint density at radius 2 is 2.24 bits per heavy atom. The van der Waals surface area contributed by atoms with Crippen molar-refractivity contribution in [3.05, 3.63) is 39.7 Å². The van der Waals surface area contributed by atoms with Crippen LogP contribution in [0.2, 0.25) is 5.02 Å². The second kappa shape index (κ2) is 6.62. The minimum atomic E-state index is -0.711. The molecular weight excluding hydrogens is 244 g/mol. The van der Waals surface area contributed by atoms with Crippen molar-refractivity contribution in [1.29, 1.82) is 0 Å². The van der Waals surface area contributed by atoms with E-state index < -0.39 is 12.0 Å². The van der Waals surface area contributed by atoms with Gasteiger partial charge in [-0.15, -0.1) is 0 Å². The van der Waals surface area contributed by atoms with Crippen molar-refractivity contribution in [2.75, 3.05) is 19.0 Å². The van der Waals surface area contributed by atoms with E-state index >= 15 is 0 Å². The van der Waals surface area contributed by atoms with Gasteiger partial charge in [0.25, 0.3) is 0 Å². The minimum absolute atomic E-state index is 0.0220. The number of nitrogens with zero attached hydrogens (tertiary/aromatic N) is 3. The van der Waals surface area contributed by atoms with Crippen molar-refractivity contribution >= 4 is 23.3 Å². The summed E-state index contributed by atoms with van der Waals surface area (Å²) in [6.45, 7) is -0.0220. The van der Waals surface area contributed by atoms with Gasteiger partial charge < -0.3 is 10.1 Å². The third kappa shape index (κ3) is 4.22. The normalized spacial score (nSPS) is 11.2. The molecule has 1 unspecified atom stereocenters. The lowest BCUT2D eigenvalue weighted by molar-refractivity contribution is -0.141. The average molecular weight is 255 g/mol. The van der Waals surface area contributed by atoms with Crippen LogP contribution in [-0.2, 0) is 9.53 Å². The van der Waals surface area contributed by atoms with Crippen molar-refractivity contribution < 1.29 is 9.53 Å². The first-order valence-electron chi connectivity index (χ1n) is 4.78. The molecule has 17 heavy (non-hydrogen) atoms. The van der Waals surface area contributed by atoms with Gasteiger partial charge in [0.15, 0.2) is 0 Å². The molecule has 0 aliphatic heterocycles. The van der Waals surface area contributed by atoms with Crippen LogP contribution in [0.5, 0.6) is 0 Å². The van der Waals surface area contributed by atoms with Crippen molar-refractivity contribution in [2.24, 2.45) is 5.11 Å². The van der Waals surface area contributed by atoms with Crippen LogP contribution in [0, 0.1) is 0 Å². The van der Waals surface area contributed by atoms with E-state index in [-0.39, 0.29) is 6.54 Å². The van der Waals surface area contributed by atoms with Crippen LogP contribution in [-0.4, -0.2) is 25.7 Å². The molecule has 0 saturated carbocycles. The van der Waals surface area contributed by atoms with Gasteiger partial charge in [-0.25, -0.2) is 4.79 Å². The van der Waals surface area contributed by atoms with E-state index in [0.717, 1.165) is 0 Å². The van der Waals surface area contributed by atoms with E-state index in [9.17, 15) is 4.79 Å². The number of azide groups is 1. The van der Waals surface area contributed by atoms with E-state index in [1.807, 2.05) is 0 Å². The molecule has 0 radical (unpaired) electrons. The molecule has 0 heterocycles. The second-order valence-corrected chi connectivity index (χ2v) is 3.58. The lowest BCUT2D eigenvalue weighted by atomic mass is 10.2. The molecule has 90 valence electrons. The summed E-state index contributed by atoms with van der Waals surface area (Å²) in [5.74, 6) is -0.493. The highest BCUT2D eigenvalue weighted by atomic mass is 35.5. The van der Waals surface area contributed by atoms with Gasteiger partial charge in [-0.05, 0) is 29.8 Å². The van der Waals surface area contributed by atoms with Gasteiger partial charge in [0.1, 0.15) is 6.04 Å². The number of halogens is 1. The third-order valence-corrected chi connectivity index (χ3v) is 2.25. The molecule has 0 bridgehead atoms. The van der Waals surface area contributed by atoms with Gasteiger partial charge in [-0.1, -0.05) is 16.7 Å². The maximum absolute atomic E-state index is 11.4. The van der Waals surface area contributed by atoms with Crippen molar-refractivity contribution in [2.45, 2.75) is 6.04 Å². The Labute approximate surface area is 103 Å². The van der Waals surface area contributed by atoms with Gasteiger partial charge in [0.05, 0.1) is 13.7 Å². The Hall–Kier alpha value is -1.91. The summed E-state index contributed by atoms with van der Waals surface area (Å²) in [6.07, 6.45) is 0. The molecule has 0 fully saturated rings. The van der Waals surface area contributed by atoms with Gasteiger partial charge in [0.2, 0.25) is 0 Å². The van der Waals surface area contributed by atoms with Crippen LogP contribution in [0.15, 0.2) is 29.4 Å². The topological polar surface area (TPSA) is 87.1 Å². The van der Waals surface area contributed by atoms with Crippen LogP contribution in [0.1, 0.15) is 0 Å². The largest absolute Gasteiger partial charge is 0.467 e. The quantitative estimate of drug-likeness (QED) is 0.379. The van der Waals surface area contributed by atoms with Crippen LogP contribution in [0.25, 0.3) is 10.4 Å². The summed E-state index contributed by atoms with van der Waals surface area (Å²) in [4.78, 5) is 14.0. The summed E-state index contributed by atoms with van der Waals surface area (Å²) in [7, 11) is 1.27. The smallest absolute Gasteiger partial charge is 0.328 e. The molecule has 6 nitrogen and oxygen atoms in total. The lowest BCUT2D eigenvalue weighted by Crippen LogP contribution is -2.33. The molecular formula is C10H11ClN4O2. The summed E-state index contributed by atoms with van der Waals surface area (Å²) >= 11 is 5.74. The Balaban J connectivity index is 2.74. The first-order chi connectivity index (χ1) is 8.17. The number of anilines is 1.